The number of nitrogens with zero attached hydrogens (tertiary/aromatic N) is 4. The fourth-order valence-electron chi connectivity index (χ4n) is 3.65. The van der Waals surface area contributed by atoms with Crippen LogP contribution in [-0.4, -0.2) is 47.1 Å². The molecule has 0 N–H and O–H groups in total. The zero-order valence-corrected chi connectivity index (χ0v) is 17.6. The van der Waals surface area contributed by atoms with Crippen LogP contribution in [0.15, 0.2) is 47.0 Å². The molecule has 4 rings (SSSR count). The third-order valence-electron chi connectivity index (χ3n) is 5.52. The van der Waals surface area contributed by atoms with Crippen LogP contribution in [0.2, 0.25) is 0 Å². The van der Waals surface area contributed by atoms with Gasteiger partial charge < -0.3 is 19.1 Å². The largest absolute Gasteiger partial charge is 0.485 e. The normalized spacial score (nSPS) is 14.1. The van der Waals surface area contributed by atoms with Crippen molar-refractivity contribution < 1.29 is 14.1 Å². The van der Waals surface area contributed by atoms with E-state index < -0.39 is 0 Å². The van der Waals surface area contributed by atoms with Gasteiger partial charge in [-0.3, -0.25) is 4.79 Å². The topological polar surface area (TPSA) is 71.7 Å². The van der Waals surface area contributed by atoms with Crippen molar-refractivity contribution in [3.8, 4) is 5.75 Å². The lowest BCUT2D eigenvalue weighted by Crippen LogP contribution is -2.49. The minimum atomic E-state index is 0.0518. The second-order valence-electron chi connectivity index (χ2n) is 7.54. The summed E-state index contributed by atoms with van der Waals surface area (Å²) in [7, 11) is 0. The molecule has 7 nitrogen and oxygen atoms in total. The smallest absolute Gasteiger partial charge is 0.253 e. The van der Waals surface area contributed by atoms with Crippen molar-refractivity contribution in [2.24, 2.45) is 0 Å². The van der Waals surface area contributed by atoms with Gasteiger partial charge in [-0.25, -0.2) is 0 Å². The Labute approximate surface area is 176 Å². The van der Waals surface area contributed by atoms with Crippen molar-refractivity contribution in [2.45, 2.75) is 27.4 Å². The highest BCUT2D eigenvalue weighted by Crippen LogP contribution is 2.24. The SMILES string of the molecule is Cc1nc(COc2ccc(C(=O)N3CCN(c4cccc(C)c4C)CC3)cc2)no1. The van der Waals surface area contributed by atoms with Crippen molar-refractivity contribution in [3.63, 3.8) is 0 Å². The highest BCUT2D eigenvalue weighted by molar-refractivity contribution is 5.94. The van der Waals surface area contributed by atoms with Crippen LogP contribution < -0.4 is 9.64 Å². The van der Waals surface area contributed by atoms with Gasteiger partial charge in [0.2, 0.25) is 11.7 Å². The van der Waals surface area contributed by atoms with Crippen molar-refractivity contribution in [2.75, 3.05) is 31.1 Å². The van der Waals surface area contributed by atoms with E-state index in [1.807, 2.05) is 4.90 Å². The van der Waals surface area contributed by atoms with Crippen LogP contribution in [-0.2, 0) is 6.61 Å². The molecule has 0 aliphatic carbocycles. The summed E-state index contributed by atoms with van der Waals surface area (Å²) in [6.45, 7) is 9.34. The summed E-state index contributed by atoms with van der Waals surface area (Å²) < 4.78 is 10.6. The Kier molecular flexibility index (Phi) is 5.70. The number of aromatic nitrogens is 2. The first kappa shape index (κ1) is 19.9. The van der Waals surface area contributed by atoms with Crippen LogP contribution in [0, 0.1) is 20.8 Å². The number of amides is 1. The van der Waals surface area contributed by atoms with E-state index in [1.165, 1.54) is 16.8 Å². The summed E-state index contributed by atoms with van der Waals surface area (Å²) >= 11 is 0. The fourth-order valence-corrected chi connectivity index (χ4v) is 3.65. The van der Waals surface area contributed by atoms with E-state index in [9.17, 15) is 4.79 Å². The van der Waals surface area contributed by atoms with E-state index in [1.54, 1.807) is 31.2 Å². The number of rotatable bonds is 5. The molecule has 1 aliphatic rings. The fraction of sp³-hybridized carbons (Fsp3) is 0.348. The molecular formula is C23H26N4O3. The predicted octanol–water partition coefficient (Wildman–Crippen LogP) is 3.54. The van der Waals surface area contributed by atoms with Crippen LogP contribution >= 0.6 is 0 Å². The molecule has 0 spiro atoms. The highest BCUT2D eigenvalue weighted by Gasteiger charge is 2.23. The summed E-state index contributed by atoms with van der Waals surface area (Å²) in [5.74, 6) is 1.71. The quantitative estimate of drug-likeness (QED) is 0.645. The van der Waals surface area contributed by atoms with Crippen molar-refractivity contribution >= 4 is 11.6 Å². The molecule has 2 aromatic carbocycles. The number of piperazine rings is 1. The van der Waals surface area contributed by atoms with Crippen molar-refractivity contribution in [1.82, 2.24) is 15.0 Å². The van der Waals surface area contributed by atoms with Crippen molar-refractivity contribution in [3.05, 3.63) is 70.9 Å². The number of anilines is 1. The molecule has 1 fully saturated rings. The molecule has 0 unspecified atom stereocenters. The second-order valence-corrected chi connectivity index (χ2v) is 7.54. The zero-order valence-electron chi connectivity index (χ0n) is 17.6. The van der Waals surface area contributed by atoms with Gasteiger partial charge in [-0.1, -0.05) is 17.3 Å². The van der Waals surface area contributed by atoms with Gasteiger partial charge in [0.15, 0.2) is 6.61 Å². The summed E-state index contributed by atoms with van der Waals surface area (Å²) in [5.41, 5.74) is 4.53. The van der Waals surface area contributed by atoms with Crippen LogP contribution in [0.5, 0.6) is 5.75 Å². The first-order valence-corrected chi connectivity index (χ1v) is 10.1. The van der Waals surface area contributed by atoms with E-state index in [2.05, 4.69) is 47.1 Å². The minimum absolute atomic E-state index is 0.0518. The number of benzene rings is 2. The van der Waals surface area contributed by atoms with Gasteiger partial charge in [-0.05, 0) is 55.3 Å². The van der Waals surface area contributed by atoms with Crippen molar-refractivity contribution in [1.29, 1.82) is 0 Å². The Morgan fingerprint density at radius 3 is 2.43 bits per heavy atom. The van der Waals surface area contributed by atoms with Gasteiger partial charge >= 0.3 is 0 Å². The average molecular weight is 406 g/mol. The third-order valence-corrected chi connectivity index (χ3v) is 5.52. The molecule has 0 radical (unpaired) electrons. The lowest BCUT2D eigenvalue weighted by Gasteiger charge is -2.37. The number of carbonyl (C=O) groups excluding carboxylic acids is 1. The molecule has 1 saturated heterocycles. The molecule has 0 saturated carbocycles. The van der Waals surface area contributed by atoms with Gasteiger partial charge in [0.05, 0.1) is 0 Å². The van der Waals surface area contributed by atoms with Gasteiger partial charge in [0, 0.05) is 44.4 Å². The van der Waals surface area contributed by atoms with E-state index in [0.29, 0.717) is 36.1 Å². The van der Waals surface area contributed by atoms with Crippen LogP contribution in [0.25, 0.3) is 0 Å². The summed E-state index contributed by atoms with van der Waals surface area (Å²) in [4.78, 5) is 21.3. The van der Waals surface area contributed by atoms with E-state index in [-0.39, 0.29) is 12.5 Å². The monoisotopic (exact) mass is 406 g/mol. The summed E-state index contributed by atoms with van der Waals surface area (Å²) in [5, 5.41) is 3.80. The Morgan fingerprint density at radius 1 is 1.03 bits per heavy atom. The lowest BCUT2D eigenvalue weighted by molar-refractivity contribution is 0.0746. The summed E-state index contributed by atoms with van der Waals surface area (Å²) in [6, 6.07) is 13.6. The van der Waals surface area contributed by atoms with E-state index in [0.717, 1.165) is 13.1 Å². The molecule has 1 aromatic heterocycles. The highest BCUT2D eigenvalue weighted by atomic mass is 16.5. The maximum Gasteiger partial charge on any atom is 0.253 e. The van der Waals surface area contributed by atoms with E-state index in [4.69, 9.17) is 9.26 Å². The molecule has 30 heavy (non-hydrogen) atoms. The molecule has 1 aliphatic heterocycles. The number of ether oxygens (including phenoxy) is 1. The first-order chi connectivity index (χ1) is 14.5. The predicted molar refractivity (Wildman–Crippen MR) is 114 cm³/mol. The molecule has 0 atom stereocenters. The molecule has 3 aromatic rings. The Bertz CT molecular complexity index is 1020. The van der Waals surface area contributed by atoms with Gasteiger partial charge in [-0.2, -0.15) is 4.98 Å². The van der Waals surface area contributed by atoms with Crippen LogP contribution in [0.4, 0.5) is 5.69 Å². The number of hydrogen-bond acceptors (Lipinski definition) is 6. The van der Waals surface area contributed by atoms with E-state index >= 15 is 0 Å². The van der Waals surface area contributed by atoms with Crippen LogP contribution in [0.1, 0.15) is 33.2 Å². The zero-order chi connectivity index (χ0) is 21.1. The molecular weight excluding hydrogens is 380 g/mol. The number of hydrogen-bond donors (Lipinski definition) is 0. The standard InChI is InChI=1S/C23H26N4O3/c1-16-5-4-6-21(17(16)2)26-11-13-27(14-12-26)23(28)19-7-9-20(10-8-19)29-15-22-24-18(3)30-25-22/h4-10H,11-15H2,1-3H3. The maximum atomic E-state index is 12.9. The molecule has 1 amide bonds. The minimum Gasteiger partial charge on any atom is -0.485 e. The second kappa shape index (κ2) is 8.57. The first-order valence-electron chi connectivity index (χ1n) is 10.1. The van der Waals surface area contributed by atoms with Gasteiger partial charge in [0.1, 0.15) is 5.75 Å². The summed E-state index contributed by atoms with van der Waals surface area (Å²) in [6.07, 6.45) is 0. The Morgan fingerprint density at radius 2 is 1.77 bits per heavy atom. The third kappa shape index (κ3) is 4.30. The van der Waals surface area contributed by atoms with Gasteiger partial charge in [0.25, 0.3) is 5.91 Å². The van der Waals surface area contributed by atoms with Gasteiger partial charge in [-0.15, -0.1) is 0 Å². The molecule has 2 heterocycles. The maximum absolute atomic E-state index is 12.9. The molecule has 7 heteroatoms. The molecule has 156 valence electrons. The molecule has 0 bridgehead atoms. The Hall–Kier alpha value is -3.35. The Balaban J connectivity index is 1.33. The number of carbonyl (C=O) groups is 1. The lowest BCUT2D eigenvalue weighted by atomic mass is 10.1. The number of aryl methyl sites for hydroxylation is 2. The van der Waals surface area contributed by atoms with Crippen LogP contribution in [0.3, 0.4) is 0 Å². The average Bonchev–Trinajstić information content (AvgIpc) is 3.19.